The van der Waals surface area contributed by atoms with E-state index in [0.29, 0.717) is 25.7 Å². The molecule has 0 saturated carbocycles. The van der Waals surface area contributed by atoms with Gasteiger partial charge in [0.1, 0.15) is 0 Å². The third kappa shape index (κ3) is 4.36. The molecule has 0 heterocycles. The normalized spacial score (nSPS) is 31.8. The highest BCUT2D eigenvalue weighted by Crippen LogP contribution is 2.57. The quantitative estimate of drug-likeness (QED) is 0.470. The fourth-order valence-corrected chi connectivity index (χ4v) is 5.90. The first-order chi connectivity index (χ1) is 11.2. The maximum Gasteiger partial charge on any atom is 0.184 e. The minimum absolute atomic E-state index is 0.451. The standard InChI is InChI=1S/C21H38O3Si/c1-10-13-19(6,22)16-20(24-25(7,8)9)15-12-17(3)21(23,14-11-2)18(20,4)5/h10-12,22-23H,1-2,13-16H2,3-9H3/t19?,20-,21?/m0/s1. The Labute approximate surface area is 155 Å². The zero-order valence-corrected chi connectivity index (χ0v) is 18.3. The lowest BCUT2D eigenvalue weighted by molar-refractivity contribution is -0.183. The molecule has 2 N–H and O–H groups in total. The lowest BCUT2D eigenvalue weighted by Crippen LogP contribution is -2.66. The SMILES string of the molecule is C=CCC(C)(O)C[C@@]1(O[Si](C)(C)C)CC=C(C)C(O)(CC=C)C1(C)C. The Kier molecular flexibility index (Phi) is 6.39. The molecule has 4 heteroatoms. The van der Waals surface area contributed by atoms with Gasteiger partial charge in [-0.3, -0.25) is 0 Å². The van der Waals surface area contributed by atoms with Crippen molar-refractivity contribution in [1.29, 1.82) is 0 Å². The minimum atomic E-state index is -1.94. The van der Waals surface area contributed by atoms with Gasteiger partial charge in [-0.1, -0.05) is 32.1 Å². The highest BCUT2D eigenvalue weighted by atomic mass is 28.4. The van der Waals surface area contributed by atoms with E-state index in [-0.39, 0.29) is 0 Å². The van der Waals surface area contributed by atoms with Crippen LogP contribution in [0.4, 0.5) is 0 Å². The van der Waals surface area contributed by atoms with Crippen LogP contribution in [0.5, 0.6) is 0 Å². The first-order valence-electron chi connectivity index (χ1n) is 9.20. The third-order valence-electron chi connectivity index (χ3n) is 5.76. The van der Waals surface area contributed by atoms with Crippen molar-refractivity contribution in [2.75, 3.05) is 0 Å². The molecule has 0 fully saturated rings. The van der Waals surface area contributed by atoms with Crippen LogP contribution < -0.4 is 0 Å². The molecule has 2 unspecified atom stereocenters. The van der Waals surface area contributed by atoms with Crippen molar-refractivity contribution in [1.82, 2.24) is 0 Å². The summed E-state index contributed by atoms with van der Waals surface area (Å²) in [4.78, 5) is 0. The van der Waals surface area contributed by atoms with Crippen LogP contribution >= 0.6 is 0 Å². The van der Waals surface area contributed by atoms with Gasteiger partial charge in [-0.15, -0.1) is 13.2 Å². The maximum absolute atomic E-state index is 11.6. The molecule has 1 aliphatic rings. The summed E-state index contributed by atoms with van der Waals surface area (Å²) in [6, 6.07) is 0. The van der Waals surface area contributed by atoms with Crippen molar-refractivity contribution in [3.8, 4) is 0 Å². The van der Waals surface area contributed by atoms with E-state index in [2.05, 4.69) is 52.7 Å². The van der Waals surface area contributed by atoms with Gasteiger partial charge < -0.3 is 14.6 Å². The Morgan fingerprint density at radius 1 is 1.28 bits per heavy atom. The molecule has 0 aromatic carbocycles. The van der Waals surface area contributed by atoms with Crippen LogP contribution in [-0.2, 0) is 4.43 Å². The molecular weight excluding hydrogens is 328 g/mol. The molecule has 0 bridgehead atoms. The van der Waals surface area contributed by atoms with E-state index in [9.17, 15) is 10.2 Å². The molecule has 1 rings (SSSR count). The predicted octanol–water partition coefficient (Wildman–Crippen LogP) is 4.98. The van der Waals surface area contributed by atoms with E-state index >= 15 is 0 Å². The van der Waals surface area contributed by atoms with Gasteiger partial charge in [-0.2, -0.15) is 0 Å². The van der Waals surface area contributed by atoms with Crippen LogP contribution in [0.2, 0.25) is 19.6 Å². The van der Waals surface area contributed by atoms with Crippen LogP contribution in [-0.4, -0.2) is 35.3 Å². The average molecular weight is 367 g/mol. The van der Waals surface area contributed by atoms with Crippen molar-refractivity contribution in [3.63, 3.8) is 0 Å². The fourth-order valence-electron chi connectivity index (χ4n) is 4.32. The summed E-state index contributed by atoms with van der Waals surface area (Å²) in [7, 11) is -1.94. The first kappa shape index (κ1) is 22.4. The van der Waals surface area contributed by atoms with Crippen molar-refractivity contribution in [2.45, 2.75) is 89.8 Å². The third-order valence-corrected chi connectivity index (χ3v) is 6.76. The van der Waals surface area contributed by atoms with Gasteiger partial charge in [0.15, 0.2) is 8.32 Å². The van der Waals surface area contributed by atoms with Gasteiger partial charge in [-0.25, -0.2) is 0 Å². The summed E-state index contributed by atoms with van der Waals surface area (Å²) in [6.07, 6.45) is 7.68. The number of rotatable bonds is 8. The van der Waals surface area contributed by atoms with E-state index < -0.39 is 30.5 Å². The summed E-state index contributed by atoms with van der Waals surface area (Å²) >= 11 is 0. The fraction of sp³-hybridized carbons (Fsp3) is 0.714. The molecule has 0 saturated heterocycles. The smallest absolute Gasteiger partial charge is 0.184 e. The van der Waals surface area contributed by atoms with Gasteiger partial charge in [0.25, 0.3) is 0 Å². The van der Waals surface area contributed by atoms with E-state index in [1.165, 1.54) is 0 Å². The van der Waals surface area contributed by atoms with Crippen LogP contribution in [0, 0.1) is 5.41 Å². The van der Waals surface area contributed by atoms with E-state index in [0.717, 1.165) is 5.57 Å². The molecule has 0 amide bonds. The molecule has 25 heavy (non-hydrogen) atoms. The van der Waals surface area contributed by atoms with Crippen molar-refractivity contribution in [2.24, 2.45) is 5.41 Å². The molecule has 0 spiro atoms. The number of hydrogen-bond acceptors (Lipinski definition) is 3. The van der Waals surface area contributed by atoms with Crippen molar-refractivity contribution >= 4 is 8.32 Å². The molecule has 1 aliphatic carbocycles. The Morgan fingerprint density at radius 2 is 1.84 bits per heavy atom. The van der Waals surface area contributed by atoms with E-state index in [4.69, 9.17) is 4.43 Å². The van der Waals surface area contributed by atoms with Gasteiger partial charge in [-0.05, 0) is 58.3 Å². The monoisotopic (exact) mass is 366 g/mol. The summed E-state index contributed by atoms with van der Waals surface area (Å²) < 4.78 is 6.76. The average Bonchev–Trinajstić information content (AvgIpc) is 2.40. The van der Waals surface area contributed by atoms with Crippen LogP contribution in [0.1, 0.15) is 53.4 Å². The Bertz CT molecular complexity index is 542. The highest BCUT2D eigenvalue weighted by Gasteiger charge is 2.61. The lowest BCUT2D eigenvalue weighted by atomic mass is 9.54. The summed E-state index contributed by atoms with van der Waals surface area (Å²) in [5, 5.41) is 22.6. The molecule has 0 radical (unpaired) electrons. The second kappa shape index (κ2) is 7.14. The molecule has 3 nitrogen and oxygen atoms in total. The Balaban J connectivity index is 3.55. The lowest BCUT2D eigenvalue weighted by Gasteiger charge is -2.60. The number of aliphatic hydroxyl groups is 2. The largest absolute Gasteiger partial charge is 0.411 e. The summed E-state index contributed by atoms with van der Waals surface area (Å²) in [5.41, 5.74) is -2.26. The second-order valence-electron chi connectivity index (χ2n) is 9.44. The summed E-state index contributed by atoms with van der Waals surface area (Å²) in [6.45, 7) is 22.0. The summed E-state index contributed by atoms with van der Waals surface area (Å²) in [5.74, 6) is 0. The first-order valence-corrected chi connectivity index (χ1v) is 12.6. The molecular formula is C21H38O3Si. The van der Waals surface area contributed by atoms with Crippen LogP contribution in [0.15, 0.2) is 37.0 Å². The molecule has 0 aromatic heterocycles. The second-order valence-corrected chi connectivity index (χ2v) is 13.9. The van der Waals surface area contributed by atoms with Crippen molar-refractivity contribution in [3.05, 3.63) is 37.0 Å². The predicted molar refractivity (Wildman–Crippen MR) is 109 cm³/mol. The zero-order valence-electron chi connectivity index (χ0n) is 17.3. The molecule has 0 aliphatic heterocycles. The van der Waals surface area contributed by atoms with Gasteiger partial charge in [0.05, 0.1) is 16.8 Å². The maximum atomic E-state index is 11.6. The van der Waals surface area contributed by atoms with Gasteiger partial charge in [0, 0.05) is 11.8 Å². The topological polar surface area (TPSA) is 49.7 Å². The van der Waals surface area contributed by atoms with Gasteiger partial charge in [0.2, 0.25) is 0 Å². The molecule has 3 atom stereocenters. The Morgan fingerprint density at radius 3 is 2.28 bits per heavy atom. The minimum Gasteiger partial charge on any atom is -0.411 e. The molecule has 0 aromatic rings. The van der Waals surface area contributed by atoms with Gasteiger partial charge >= 0.3 is 0 Å². The van der Waals surface area contributed by atoms with Crippen molar-refractivity contribution < 1.29 is 14.6 Å². The van der Waals surface area contributed by atoms with Crippen LogP contribution in [0.25, 0.3) is 0 Å². The van der Waals surface area contributed by atoms with E-state index in [1.807, 2.05) is 13.8 Å². The molecule has 144 valence electrons. The van der Waals surface area contributed by atoms with E-state index in [1.54, 1.807) is 12.2 Å². The van der Waals surface area contributed by atoms with Crippen LogP contribution in [0.3, 0.4) is 0 Å². The Hall–Kier alpha value is -0.683. The highest BCUT2D eigenvalue weighted by molar-refractivity contribution is 6.69. The zero-order chi connectivity index (χ0) is 19.7. The number of hydrogen-bond donors (Lipinski definition) is 2.